The number of hydrogen-bond acceptors (Lipinski definition) is 6. The molecule has 0 fully saturated rings. The van der Waals surface area contributed by atoms with E-state index < -0.39 is 22.6 Å². The Kier molecular flexibility index (Phi) is 5.50. The Morgan fingerprint density at radius 2 is 1.96 bits per heavy atom. The molecule has 2 N–H and O–H groups in total. The van der Waals surface area contributed by atoms with Crippen LogP contribution in [-0.2, 0) is 19.6 Å². The highest BCUT2D eigenvalue weighted by Gasteiger charge is 2.17. The molecule has 0 aliphatic carbocycles. The maximum Gasteiger partial charge on any atom is 0.307 e. The molecule has 0 aliphatic heterocycles. The van der Waals surface area contributed by atoms with Crippen molar-refractivity contribution in [2.24, 2.45) is 0 Å². The van der Waals surface area contributed by atoms with Crippen molar-refractivity contribution in [1.29, 1.82) is 0 Å². The minimum Gasteiger partial charge on any atom is -0.457 e. The zero-order chi connectivity index (χ0) is 18.6. The molecule has 0 unspecified atom stereocenters. The summed E-state index contributed by atoms with van der Waals surface area (Å²) in [4.78, 5) is 26.9. The van der Waals surface area contributed by atoms with Crippen molar-refractivity contribution in [3.8, 4) is 0 Å². The number of carbonyl (C=O) groups is 2. The van der Waals surface area contributed by atoms with Crippen LogP contribution >= 0.6 is 11.3 Å². The number of fused-ring (bicyclic) bond motifs is 1. The fourth-order valence-electron chi connectivity index (χ4n) is 2.37. The molecule has 0 atom stereocenters. The number of nitrogens with one attached hydrogen (secondary N) is 2. The van der Waals surface area contributed by atoms with Gasteiger partial charge in [0.25, 0.3) is 0 Å². The maximum absolute atomic E-state index is 12.2. The maximum atomic E-state index is 12.2. The fraction of sp³-hybridized carbons (Fsp3) is 0.176. The minimum atomic E-state index is -3.61. The lowest BCUT2D eigenvalue weighted by atomic mass is 10.1. The second-order valence-corrected chi connectivity index (χ2v) is 8.35. The van der Waals surface area contributed by atoms with Gasteiger partial charge in [-0.25, -0.2) is 13.1 Å². The van der Waals surface area contributed by atoms with E-state index in [4.69, 9.17) is 4.74 Å². The summed E-state index contributed by atoms with van der Waals surface area (Å²) in [7, 11) is -3.61. The number of para-hydroxylation sites is 1. The molecule has 0 radical (unpaired) electrons. The van der Waals surface area contributed by atoms with Gasteiger partial charge in [0.05, 0.1) is 6.42 Å². The van der Waals surface area contributed by atoms with E-state index in [2.05, 4.69) is 9.71 Å². The highest BCUT2D eigenvalue weighted by molar-refractivity contribution is 7.91. The summed E-state index contributed by atoms with van der Waals surface area (Å²) in [6.45, 7) is -0.487. The third-order valence-corrected chi connectivity index (χ3v) is 6.49. The van der Waals surface area contributed by atoms with Gasteiger partial charge in [0, 0.05) is 29.2 Å². The predicted octanol–water partition coefficient (Wildman–Crippen LogP) is 2.32. The average molecular weight is 392 g/mol. The SMILES string of the molecule is O=C(CCNS(=O)(=O)c1cccs1)OCC(=O)c1c[nH]c2ccccc12. The van der Waals surface area contributed by atoms with Gasteiger partial charge in [0.1, 0.15) is 4.21 Å². The Morgan fingerprint density at radius 1 is 1.15 bits per heavy atom. The minimum absolute atomic E-state index is 0.0969. The van der Waals surface area contributed by atoms with Gasteiger partial charge in [-0.2, -0.15) is 0 Å². The molecular weight excluding hydrogens is 376 g/mol. The van der Waals surface area contributed by atoms with E-state index in [-0.39, 0.29) is 23.0 Å². The van der Waals surface area contributed by atoms with E-state index in [1.165, 1.54) is 6.07 Å². The number of rotatable bonds is 8. The molecule has 3 aromatic rings. The van der Waals surface area contributed by atoms with Crippen LogP contribution in [0.2, 0.25) is 0 Å². The third-order valence-electron chi connectivity index (χ3n) is 3.64. The van der Waals surface area contributed by atoms with Crippen molar-refractivity contribution >= 4 is 44.0 Å². The van der Waals surface area contributed by atoms with Crippen LogP contribution in [0.5, 0.6) is 0 Å². The quantitative estimate of drug-likeness (QED) is 0.452. The summed E-state index contributed by atoms with van der Waals surface area (Å²) in [5, 5.41) is 2.41. The number of sulfonamides is 1. The third kappa shape index (κ3) is 4.18. The number of benzene rings is 1. The first-order valence-corrected chi connectivity index (χ1v) is 10.1. The van der Waals surface area contributed by atoms with Crippen molar-refractivity contribution in [3.63, 3.8) is 0 Å². The van der Waals surface area contributed by atoms with Crippen LogP contribution < -0.4 is 4.72 Å². The van der Waals surface area contributed by atoms with Crippen LogP contribution in [0, 0.1) is 0 Å². The van der Waals surface area contributed by atoms with E-state index in [9.17, 15) is 18.0 Å². The van der Waals surface area contributed by atoms with Gasteiger partial charge in [-0.1, -0.05) is 24.3 Å². The molecule has 0 spiro atoms. The Labute approximate surface area is 154 Å². The first-order valence-electron chi connectivity index (χ1n) is 7.75. The number of ketones is 1. The molecule has 9 heteroatoms. The molecule has 3 rings (SSSR count). The molecular formula is C17H16N2O5S2. The fourth-order valence-corrected chi connectivity index (χ4v) is 4.44. The topological polar surface area (TPSA) is 105 Å². The van der Waals surface area contributed by atoms with Crippen LogP contribution in [0.4, 0.5) is 0 Å². The van der Waals surface area contributed by atoms with Crippen molar-refractivity contribution in [1.82, 2.24) is 9.71 Å². The molecule has 26 heavy (non-hydrogen) atoms. The summed E-state index contributed by atoms with van der Waals surface area (Å²) in [6, 6.07) is 10.4. The first kappa shape index (κ1) is 18.3. The van der Waals surface area contributed by atoms with E-state index in [1.807, 2.05) is 18.2 Å². The second-order valence-electron chi connectivity index (χ2n) is 5.41. The standard InChI is InChI=1S/C17H16N2O5S2/c20-15(13-10-18-14-5-2-1-4-12(13)14)11-24-16(21)7-8-19-26(22,23)17-6-3-9-25-17/h1-6,9-10,18-19H,7-8,11H2. The molecule has 0 amide bonds. The molecule has 0 bridgehead atoms. The van der Waals surface area contributed by atoms with E-state index in [1.54, 1.807) is 23.7 Å². The first-order chi connectivity index (χ1) is 12.5. The Hall–Kier alpha value is -2.49. The smallest absolute Gasteiger partial charge is 0.307 e. The van der Waals surface area contributed by atoms with Crippen LogP contribution in [0.25, 0.3) is 10.9 Å². The number of thiophene rings is 1. The predicted molar refractivity (Wildman–Crippen MR) is 97.7 cm³/mol. The molecule has 136 valence electrons. The Bertz CT molecular complexity index is 1020. The number of Topliss-reactive ketones (excluding diaryl/α,β-unsaturated/α-hetero) is 1. The van der Waals surface area contributed by atoms with Crippen LogP contribution in [0.15, 0.2) is 52.2 Å². The van der Waals surface area contributed by atoms with Gasteiger partial charge in [0.15, 0.2) is 6.61 Å². The lowest BCUT2D eigenvalue weighted by Crippen LogP contribution is -2.26. The number of aromatic amines is 1. The van der Waals surface area contributed by atoms with Gasteiger partial charge in [-0.15, -0.1) is 11.3 Å². The molecule has 1 aromatic carbocycles. The van der Waals surface area contributed by atoms with Crippen LogP contribution in [0.1, 0.15) is 16.8 Å². The summed E-state index contributed by atoms with van der Waals surface area (Å²) in [5.74, 6) is -0.970. The lowest BCUT2D eigenvalue weighted by molar-refractivity contribution is -0.142. The largest absolute Gasteiger partial charge is 0.457 e. The van der Waals surface area contributed by atoms with Gasteiger partial charge in [-0.05, 0) is 17.5 Å². The summed E-state index contributed by atoms with van der Waals surface area (Å²) >= 11 is 1.09. The molecule has 0 aliphatic rings. The monoisotopic (exact) mass is 392 g/mol. The van der Waals surface area contributed by atoms with Gasteiger partial charge in [-0.3, -0.25) is 9.59 Å². The molecule has 2 aromatic heterocycles. The highest BCUT2D eigenvalue weighted by Crippen LogP contribution is 2.18. The van der Waals surface area contributed by atoms with Gasteiger partial charge in [0.2, 0.25) is 15.8 Å². The number of aromatic nitrogens is 1. The average Bonchev–Trinajstić information content (AvgIpc) is 3.29. The molecule has 2 heterocycles. The number of H-pyrrole nitrogens is 1. The Balaban J connectivity index is 1.48. The van der Waals surface area contributed by atoms with Gasteiger partial charge >= 0.3 is 5.97 Å². The van der Waals surface area contributed by atoms with Crippen LogP contribution in [0.3, 0.4) is 0 Å². The number of ether oxygens (including phenoxy) is 1. The number of carbonyl (C=O) groups excluding carboxylic acids is 2. The zero-order valence-corrected chi connectivity index (χ0v) is 15.2. The summed E-state index contributed by atoms with van der Waals surface area (Å²) < 4.78 is 31.3. The lowest BCUT2D eigenvalue weighted by Gasteiger charge is -2.05. The molecule has 0 saturated carbocycles. The second kappa shape index (κ2) is 7.81. The molecule has 7 nitrogen and oxygen atoms in total. The zero-order valence-electron chi connectivity index (χ0n) is 13.6. The highest BCUT2D eigenvalue weighted by atomic mass is 32.2. The van der Waals surface area contributed by atoms with E-state index in [0.29, 0.717) is 5.56 Å². The summed E-state index contributed by atoms with van der Waals surface area (Å²) in [6.07, 6.45) is 1.42. The van der Waals surface area contributed by atoms with Crippen molar-refractivity contribution < 1.29 is 22.7 Å². The van der Waals surface area contributed by atoms with Crippen molar-refractivity contribution in [2.45, 2.75) is 10.6 Å². The Morgan fingerprint density at radius 3 is 2.73 bits per heavy atom. The van der Waals surface area contributed by atoms with Crippen LogP contribution in [-0.4, -0.2) is 38.3 Å². The molecule has 0 saturated heterocycles. The number of hydrogen-bond donors (Lipinski definition) is 2. The number of esters is 1. The normalized spacial score (nSPS) is 11.5. The summed E-state index contributed by atoms with van der Waals surface area (Å²) in [5.41, 5.74) is 1.27. The van der Waals surface area contributed by atoms with Crippen molar-refractivity contribution in [3.05, 3.63) is 53.5 Å². The van der Waals surface area contributed by atoms with Crippen molar-refractivity contribution in [2.75, 3.05) is 13.2 Å². The van der Waals surface area contributed by atoms with Gasteiger partial charge < -0.3 is 9.72 Å². The van der Waals surface area contributed by atoms with E-state index >= 15 is 0 Å². The van der Waals surface area contributed by atoms with E-state index in [0.717, 1.165) is 22.2 Å².